The lowest BCUT2D eigenvalue weighted by Gasteiger charge is -2.28. The molecule has 0 radical (unpaired) electrons. The lowest BCUT2D eigenvalue weighted by molar-refractivity contribution is -0.124. The minimum absolute atomic E-state index is 0.212. The van der Waals surface area contributed by atoms with Crippen LogP contribution in [0.1, 0.15) is 53.4 Å². The number of thioether (sulfide) groups is 1. The molecule has 18 heavy (non-hydrogen) atoms. The monoisotopic (exact) mass is 272 g/mol. The van der Waals surface area contributed by atoms with Crippen LogP contribution < -0.4 is 11.1 Å². The maximum atomic E-state index is 11.6. The van der Waals surface area contributed by atoms with E-state index in [4.69, 9.17) is 5.73 Å². The van der Waals surface area contributed by atoms with Gasteiger partial charge in [-0.15, -0.1) is 0 Å². The van der Waals surface area contributed by atoms with Crippen molar-refractivity contribution in [2.45, 2.75) is 70.2 Å². The average Bonchev–Trinajstić information content (AvgIpc) is 3.07. The molecular formula is C14H28N2OS. The molecule has 2 atom stereocenters. The third kappa shape index (κ3) is 5.19. The first-order valence-corrected chi connectivity index (χ1v) is 8.09. The Morgan fingerprint density at radius 1 is 1.44 bits per heavy atom. The number of amides is 1. The molecule has 106 valence electrons. The van der Waals surface area contributed by atoms with Gasteiger partial charge in [-0.2, -0.15) is 11.8 Å². The van der Waals surface area contributed by atoms with Crippen LogP contribution in [0.4, 0.5) is 0 Å². The predicted molar refractivity (Wildman–Crippen MR) is 79.7 cm³/mol. The van der Waals surface area contributed by atoms with Gasteiger partial charge in [-0.1, -0.05) is 20.8 Å². The van der Waals surface area contributed by atoms with E-state index in [1.807, 2.05) is 18.7 Å². The normalized spacial score (nSPS) is 20.7. The van der Waals surface area contributed by atoms with Crippen molar-refractivity contribution in [2.75, 3.05) is 5.75 Å². The van der Waals surface area contributed by atoms with Gasteiger partial charge in [0.2, 0.25) is 5.91 Å². The summed E-state index contributed by atoms with van der Waals surface area (Å²) in [4.78, 5) is 11.6. The predicted octanol–water partition coefficient (Wildman–Crippen LogP) is 2.54. The van der Waals surface area contributed by atoms with Crippen molar-refractivity contribution in [3.8, 4) is 0 Å². The first-order valence-electron chi connectivity index (χ1n) is 7.04. The molecule has 0 spiro atoms. The van der Waals surface area contributed by atoms with Crippen LogP contribution in [0.2, 0.25) is 0 Å². The summed E-state index contributed by atoms with van der Waals surface area (Å²) >= 11 is 1.99. The molecule has 0 aromatic rings. The van der Waals surface area contributed by atoms with E-state index in [-0.39, 0.29) is 5.91 Å². The van der Waals surface area contributed by atoms with Crippen molar-refractivity contribution in [1.29, 1.82) is 0 Å². The minimum Gasteiger partial charge on any atom is -0.368 e. The standard InChI is InChI=1S/C14H28N2OS/c1-10(2)11(3)18-9-5-8-14(4,13(15)17)16-12-6-7-12/h10-12,16H,5-9H2,1-4H3,(H2,15,17). The summed E-state index contributed by atoms with van der Waals surface area (Å²) in [5.74, 6) is 1.60. The summed E-state index contributed by atoms with van der Waals surface area (Å²) in [6.45, 7) is 8.72. The van der Waals surface area contributed by atoms with Crippen LogP contribution in [-0.4, -0.2) is 28.5 Å². The number of rotatable bonds is 9. The Bertz CT molecular complexity index is 279. The van der Waals surface area contributed by atoms with Gasteiger partial charge in [-0.25, -0.2) is 0 Å². The molecule has 1 saturated carbocycles. The number of primary amides is 1. The van der Waals surface area contributed by atoms with E-state index < -0.39 is 5.54 Å². The van der Waals surface area contributed by atoms with Crippen LogP contribution in [0.5, 0.6) is 0 Å². The molecule has 4 heteroatoms. The fourth-order valence-electron chi connectivity index (χ4n) is 1.83. The molecule has 0 heterocycles. The van der Waals surface area contributed by atoms with E-state index in [9.17, 15) is 4.79 Å². The highest BCUT2D eigenvalue weighted by Crippen LogP contribution is 2.26. The molecule has 0 bridgehead atoms. The second-order valence-electron chi connectivity index (χ2n) is 6.04. The summed E-state index contributed by atoms with van der Waals surface area (Å²) in [7, 11) is 0. The van der Waals surface area contributed by atoms with E-state index in [1.54, 1.807) is 0 Å². The van der Waals surface area contributed by atoms with E-state index >= 15 is 0 Å². The molecule has 2 unspecified atom stereocenters. The van der Waals surface area contributed by atoms with Crippen molar-refractivity contribution in [2.24, 2.45) is 11.7 Å². The zero-order valence-electron chi connectivity index (χ0n) is 12.2. The Morgan fingerprint density at radius 2 is 2.06 bits per heavy atom. The number of nitrogens with two attached hydrogens (primary N) is 1. The van der Waals surface area contributed by atoms with Gasteiger partial charge in [0.05, 0.1) is 5.54 Å². The van der Waals surface area contributed by atoms with Crippen LogP contribution in [0.25, 0.3) is 0 Å². The Morgan fingerprint density at radius 3 is 2.50 bits per heavy atom. The van der Waals surface area contributed by atoms with Crippen LogP contribution >= 0.6 is 11.8 Å². The molecule has 1 rings (SSSR count). The molecule has 1 aliphatic carbocycles. The first-order chi connectivity index (χ1) is 8.35. The first kappa shape index (κ1) is 15.8. The Hall–Kier alpha value is -0.220. The summed E-state index contributed by atoms with van der Waals surface area (Å²) in [5.41, 5.74) is 5.02. The summed E-state index contributed by atoms with van der Waals surface area (Å²) in [5, 5.41) is 4.08. The van der Waals surface area contributed by atoms with Crippen molar-refractivity contribution >= 4 is 17.7 Å². The Labute approximate surface area is 116 Å². The summed E-state index contributed by atoms with van der Waals surface area (Å²) in [6, 6.07) is 0.518. The van der Waals surface area contributed by atoms with E-state index in [0.29, 0.717) is 17.2 Å². The van der Waals surface area contributed by atoms with Crippen molar-refractivity contribution in [3.05, 3.63) is 0 Å². The highest BCUT2D eigenvalue weighted by molar-refractivity contribution is 7.99. The highest BCUT2D eigenvalue weighted by atomic mass is 32.2. The lowest BCUT2D eigenvalue weighted by atomic mass is 9.95. The third-order valence-electron chi connectivity index (χ3n) is 3.78. The van der Waals surface area contributed by atoms with Gasteiger partial charge in [-0.05, 0) is 44.3 Å². The maximum absolute atomic E-state index is 11.6. The molecule has 1 amide bonds. The minimum atomic E-state index is -0.511. The topological polar surface area (TPSA) is 55.1 Å². The van der Waals surface area contributed by atoms with Gasteiger partial charge < -0.3 is 11.1 Å². The Balaban J connectivity index is 2.27. The summed E-state index contributed by atoms with van der Waals surface area (Å²) < 4.78 is 0. The number of hydrogen-bond donors (Lipinski definition) is 2. The zero-order chi connectivity index (χ0) is 13.8. The SMILES string of the molecule is CC(C)C(C)SCCCC(C)(NC1CC1)C(N)=O. The van der Waals surface area contributed by atoms with E-state index in [2.05, 4.69) is 26.1 Å². The molecule has 3 nitrogen and oxygen atoms in total. The average molecular weight is 272 g/mol. The van der Waals surface area contributed by atoms with Gasteiger partial charge in [0.1, 0.15) is 0 Å². The molecule has 0 aromatic carbocycles. The van der Waals surface area contributed by atoms with Crippen LogP contribution in [0, 0.1) is 5.92 Å². The molecule has 1 aliphatic rings. The highest BCUT2D eigenvalue weighted by Gasteiger charge is 2.36. The second kappa shape index (κ2) is 6.80. The molecule has 3 N–H and O–H groups in total. The van der Waals surface area contributed by atoms with Gasteiger partial charge in [-0.3, -0.25) is 4.79 Å². The largest absolute Gasteiger partial charge is 0.368 e. The van der Waals surface area contributed by atoms with Crippen LogP contribution in [0.3, 0.4) is 0 Å². The zero-order valence-corrected chi connectivity index (χ0v) is 13.0. The molecule has 0 saturated heterocycles. The van der Waals surface area contributed by atoms with Gasteiger partial charge >= 0.3 is 0 Å². The number of hydrogen-bond acceptors (Lipinski definition) is 3. The third-order valence-corrected chi connectivity index (χ3v) is 5.38. The van der Waals surface area contributed by atoms with Crippen molar-refractivity contribution in [3.63, 3.8) is 0 Å². The number of carbonyl (C=O) groups is 1. The van der Waals surface area contributed by atoms with Crippen molar-refractivity contribution in [1.82, 2.24) is 5.32 Å². The second-order valence-corrected chi connectivity index (χ2v) is 7.52. The Kier molecular flexibility index (Phi) is 5.99. The molecule has 0 aliphatic heterocycles. The smallest absolute Gasteiger partial charge is 0.237 e. The molecule has 0 aromatic heterocycles. The lowest BCUT2D eigenvalue weighted by Crippen LogP contribution is -2.54. The quantitative estimate of drug-likeness (QED) is 0.634. The van der Waals surface area contributed by atoms with Crippen LogP contribution in [0.15, 0.2) is 0 Å². The van der Waals surface area contributed by atoms with E-state index in [1.165, 1.54) is 12.8 Å². The van der Waals surface area contributed by atoms with Gasteiger partial charge in [0.15, 0.2) is 0 Å². The molecular weight excluding hydrogens is 244 g/mol. The van der Waals surface area contributed by atoms with Gasteiger partial charge in [0.25, 0.3) is 0 Å². The fraction of sp³-hybridized carbons (Fsp3) is 0.929. The van der Waals surface area contributed by atoms with Crippen LogP contribution in [-0.2, 0) is 4.79 Å². The fourth-order valence-corrected chi connectivity index (χ4v) is 2.90. The number of carbonyl (C=O) groups excluding carboxylic acids is 1. The summed E-state index contributed by atoms with van der Waals surface area (Å²) in [6.07, 6.45) is 4.25. The van der Waals surface area contributed by atoms with Crippen molar-refractivity contribution < 1.29 is 4.79 Å². The molecule has 1 fully saturated rings. The maximum Gasteiger partial charge on any atom is 0.237 e. The number of nitrogens with one attached hydrogen (secondary N) is 1. The van der Waals surface area contributed by atoms with Gasteiger partial charge in [0, 0.05) is 11.3 Å². The van der Waals surface area contributed by atoms with E-state index in [0.717, 1.165) is 18.6 Å².